The molecule has 25 heavy (non-hydrogen) atoms. The Morgan fingerprint density at radius 3 is 2.68 bits per heavy atom. The van der Waals surface area contributed by atoms with Gasteiger partial charge in [0.2, 0.25) is 0 Å². The summed E-state index contributed by atoms with van der Waals surface area (Å²) in [4.78, 5) is 24.7. The number of hydrogen-bond acceptors (Lipinski definition) is 4. The van der Waals surface area contributed by atoms with E-state index in [1.807, 2.05) is 30.3 Å². The molecule has 4 rings (SSSR count). The first kappa shape index (κ1) is 15.6. The van der Waals surface area contributed by atoms with Crippen LogP contribution in [0.2, 0.25) is 0 Å². The zero-order valence-corrected chi connectivity index (χ0v) is 14.2. The van der Waals surface area contributed by atoms with Crippen molar-refractivity contribution >= 4 is 17.5 Å². The number of amides is 1. The quantitative estimate of drug-likeness (QED) is 0.882. The number of Topliss-reactive ketones (excluding diaryl/α,β-unsaturated/α-hetero) is 1. The highest BCUT2D eigenvalue weighted by Gasteiger charge is 2.41. The van der Waals surface area contributed by atoms with E-state index >= 15 is 0 Å². The lowest BCUT2D eigenvalue weighted by Crippen LogP contribution is -2.37. The number of allylic oxidation sites excluding steroid dienone is 2. The van der Waals surface area contributed by atoms with E-state index < -0.39 is 5.91 Å². The van der Waals surface area contributed by atoms with Crippen LogP contribution >= 0.6 is 0 Å². The number of carbonyl (C=O) groups excluding carboxylic acids is 2. The first-order valence-corrected chi connectivity index (χ1v) is 8.33. The third kappa shape index (κ3) is 2.45. The van der Waals surface area contributed by atoms with Crippen LogP contribution in [0.1, 0.15) is 48.7 Å². The number of nitrogens with zero attached hydrogens (tertiary/aromatic N) is 2. The lowest BCUT2D eigenvalue weighted by Gasteiger charge is -2.39. The van der Waals surface area contributed by atoms with Gasteiger partial charge in [-0.1, -0.05) is 44.2 Å². The van der Waals surface area contributed by atoms with E-state index in [0.717, 1.165) is 23.3 Å². The van der Waals surface area contributed by atoms with Gasteiger partial charge in [0.15, 0.2) is 5.78 Å². The molecule has 0 spiro atoms. The lowest BCUT2D eigenvalue weighted by molar-refractivity contribution is -0.118. The number of ketones is 1. The van der Waals surface area contributed by atoms with Gasteiger partial charge in [0.25, 0.3) is 5.91 Å². The maximum atomic E-state index is 12.9. The van der Waals surface area contributed by atoms with Crippen LogP contribution in [0.25, 0.3) is 0 Å². The zero-order valence-electron chi connectivity index (χ0n) is 14.2. The third-order valence-electron chi connectivity index (χ3n) is 4.88. The van der Waals surface area contributed by atoms with Gasteiger partial charge in [-0.3, -0.25) is 9.59 Å². The van der Waals surface area contributed by atoms with Crippen LogP contribution in [0.15, 0.2) is 47.8 Å². The Kier molecular flexibility index (Phi) is 3.32. The normalized spacial score (nSPS) is 21.4. The van der Waals surface area contributed by atoms with Crippen molar-refractivity contribution in [3.8, 4) is 0 Å². The van der Waals surface area contributed by atoms with Crippen LogP contribution < -0.4 is 11.1 Å². The fourth-order valence-electron chi connectivity index (χ4n) is 3.83. The predicted octanol–water partition coefficient (Wildman–Crippen LogP) is 2.64. The molecule has 6 nitrogen and oxygen atoms in total. The lowest BCUT2D eigenvalue weighted by atomic mass is 9.73. The van der Waals surface area contributed by atoms with Gasteiger partial charge in [0, 0.05) is 17.7 Å². The third-order valence-corrected chi connectivity index (χ3v) is 4.88. The van der Waals surface area contributed by atoms with Crippen LogP contribution in [0, 0.1) is 5.41 Å². The van der Waals surface area contributed by atoms with Crippen LogP contribution in [0.4, 0.5) is 5.82 Å². The van der Waals surface area contributed by atoms with Crippen molar-refractivity contribution in [2.45, 2.75) is 32.7 Å². The van der Waals surface area contributed by atoms with Crippen molar-refractivity contribution in [2.75, 3.05) is 5.32 Å². The molecule has 0 fully saturated rings. The number of fused-ring (bicyclic) bond motifs is 1. The molecule has 1 atom stereocenters. The second-order valence-corrected chi connectivity index (χ2v) is 7.49. The Hall–Kier alpha value is -2.89. The fourth-order valence-corrected chi connectivity index (χ4v) is 3.83. The standard InChI is InChI=1S/C19H20N4O2/c1-19(2)8-13-15(14(24)9-19)16(11-6-4-3-5-7-11)23-18(22-13)12(10-21-23)17(20)25/h3-7,10,16,22H,8-9H2,1-2H3,(H2,20,25)/t16-/m0/s1. The molecule has 0 saturated heterocycles. The van der Waals surface area contributed by atoms with Gasteiger partial charge in [0.05, 0.1) is 6.20 Å². The molecule has 2 aromatic rings. The summed E-state index contributed by atoms with van der Waals surface area (Å²) >= 11 is 0. The van der Waals surface area contributed by atoms with Gasteiger partial charge >= 0.3 is 0 Å². The first-order chi connectivity index (χ1) is 11.9. The van der Waals surface area contributed by atoms with Crippen LogP contribution in [-0.4, -0.2) is 21.5 Å². The summed E-state index contributed by atoms with van der Waals surface area (Å²) in [6.07, 6.45) is 2.70. The highest BCUT2D eigenvalue weighted by atomic mass is 16.1. The predicted molar refractivity (Wildman–Crippen MR) is 94.0 cm³/mol. The van der Waals surface area contributed by atoms with E-state index in [1.165, 1.54) is 6.20 Å². The molecule has 1 aliphatic heterocycles. The summed E-state index contributed by atoms with van der Waals surface area (Å²) in [6, 6.07) is 9.42. The summed E-state index contributed by atoms with van der Waals surface area (Å²) in [5.41, 5.74) is 8.27. The number of anilines is 1. The summed E-state index contributed by atoms with van der Waals surface area (Å²) in [7, 11) is 0. The molecule has 2 aliphatic rings. The average molecular weight is 336 g/mol. The van der Waals surface area contributed by atoms with Crippen molar-refractivity contribution in [1.82, 2.24) is 9.78 Å². The molecule has 0 radical (unpaired) electrons. The Labute approximate surface area is 145 Å². The minimum atomic E-state index is -0.536. The number of primary amides is 1. The molecule has 1 aromatic carbocycles. The van der Waals surface area contributed by atoms with E-state index in [4.69, 9.17) is 5.73 Å². The van der Waals surface area contributed by atoms with Gasteiger partial charge in [-0.25, -0.2) is 4.68 Å². The minimum Gasteiger partial charge on any atom is -0.365 e. The van der Waals surface area contributed by atoms with Crippen LogP contribution in [0.5, 0.6) is 0 Å². The van der Waals surface area contributed by atoms with E-state index in [2.05, 4.69) is 24.3 Å². The largest absolute Gasteiger partial charge is 0.365 e. The molecule has 1 aliphatic carbocycles. The zero-order chi connectivity index (χ0) is 17.8. The summed E-state index contributed by atoms with van der Waals surface area (Å²) in [5.74, 6) is 0.144. The molecular weight excluding hydrogens is 316 g/mol. The monoisotopic (exact) mass is 336 g/mol. The maximum Gasteiger partial charge on any atom is 0.254 e. The number of hydrogen-bond donors (Lipinski definition) is 2. The molecule has 3 N–H and O–H groups in total. The van der Waals surface area contributed by atoms with Gasteiger partial charge in [-0.15, -0.1) is 0 Å². The molecule has 1 aromatic heterocycles. The number of nitrogens with one attached hydrogen (secondary N) is 1. The van der Waals surface area contributed by atoms with E-state index in [1.54, 1.807) is 4.68 Å². The van der Waals surface area contributed by atoms with Crippen LogP contribution in [-0.2, 0) is 4.79 Å². The fraction of sp³-hybridized carbons (Fsp3) is 0.316. The van der Waals surface area contributed by atoms with Crippen molar-refractivity contribution in [1.29, 1.82) is 0 Å². The Bertz CT molecular complexity index is 909. The number of nitrogens with two attached hydrogens (primary N) is 1. The molecule has 6 heteroatoms. The number of carbonyl (C=O) groups is 2. The molecule has 0 saturated carbocycles. The second kappa shape index (κ2) is 5.31. The highest BCUT2D eigenvalue weighted by molar-refractivity contribution is 6.02. The first-order valence-electron chi connectivity index (χ1n) is 8.33. The van der Waals surface area contributed by atoms with Crippen molar-refractivity contribution in [3.05, 3.63) is 58.9 Å². The van der Waals surface area contributed by atoms with Crippen molar-refractivity contribution < 1.29 is 9.59 Å². The van der Waals surface area contributed by atoms with E-state index in [9.17, 15) is 9.59 Å². The molecule has 1 amide bonds. The van der Waals surface area contributed by atoms with E-state index in [0.29, 0.717) is 17.8 Å². The number of aromatic nitrogens is 2. The summed E-state index contributed by atoms with van der Waals surface area (Å²) in [6.45, 7) is 4.16. The highest BCUT2D eigenvalue weighted by Crippen LogP contribution is 2.46. The van der Waals surface area contributed by atoms with Crippen LogP contribution in [0.3, 0.4) is 0 Å². The second-order valence-electron chi connectivity index (χ2n) is 7.49. The molecule has 2 heterocycles. The molecule has 0 bridgehead atoms. The van der Waals surface area contributed by atoms with Gasteiger partial charge in [-0.2, -0.15) is 5.10 Å². The number of benzene rings is 1. The Balaban J connectivity index is 1.94. The minimum absolute atomic E-state index is 0.120. The average Bonchev–Trinajstić information content (AvgIpc) is 2.96. The SMILES string of the molecule is CC1(C)CC(=O)C2=C(C1)Nc1c(C(N)=O)cnn1[C@H]2c1ccccc1. The Morgan fingerprint density at radius 1 is 1.28 bits per heavy atom. The van der Waals surface area contributed by atoms with Crippen molar-refractivity contribution in [2.24, 2.45) is 11.1 Å². The van der Waals surface area contributed by atoms with E-state index in [-0.39, 0.29) is 17.2 Å². The Morgan fingerprint density at radius 2 is 2.00 bits per heavy atom. The number of rotatable bonds is 2. The maximum absolute atomic E-state index is 12.9. The van der Waals surface area contributed by atoms with Gasteiger partial charge in [0.1, 0.15) is 17.4 Å². The molecular formula is C19H20N4O2. The summed E-state index contributed by atoms with van der Waals surface area (Å²) < 4.78 is 1.70. The summed E-state index contributed by atoms with van der Waals surface area (Å²) in [5, 5.41) is 7.64. The topological polar surface area (TPSA) is 90.0 Å². The van der Waals surface area contributed by atoms with Gasteiger partial charge < -0.3 is 11.1 Å². The molecule has 128 valence electrons. The van der Waals surface area contributed by atoms with Gasteiger partial charge in [-0.05, 0) is 17.4 Å². The smallest absolute Gasteiger partial charge is 0.254 e. The molecule has 0 unspecified atom stereocenters. The van der Waals surface area contributed by atoms with Crippen molar-refractivity contribution in [3.63, 3.8) is 0 Å².